The fourth-order valence-corrected chi connectivity index (χ4v) is 2.75. The van der Waals surface area contributed by atoms with Crippen molar-refractivity contribution in [2.24, 2.45) is 5.73 Å². The lowest BCUT2D eigenvalue weighted by atomic mass is 10.0. The van der Waals surface area contributed by atoms with E-state index in [9.17, 15) is 0 Å². The van der Waals surface area contributed by atoms with E-state index in [2.05, 4.69) is 17.0 Å². The van der Waals surface area contributed by atoms with Crippen LogP contribution in [0, 0.1) is 0 Å². The van der Waals surface area contributed by atoms with Gasteiger partial charge in [-0.05, 0) is 43.6 Å². The van der Waals surface area contributed by atoms with Gasteiger partial charge in [0.1, 0.15) is 11.5 Å². The number of hydrogen-bond acceptors (Lipinski definition) is 4. The number of nitrogens with two attached hydrogens (primary N) is 1. The quantitative estimate of drug-likeness (QED) is 0.885. The zero-order valence-corrected chi connectivity index (χ0v) is 11.9. The molecule has 0 radical (unpaired) electrons. The van der Waals surface area contributed by atoms with E-state index in [1.165, 1.54) is 24.8 Å². The molecule has 1 aromatic carbocycles. The molecule has 0 aromatic heterocycles. The van der Waals surface area contributed by atoms with E-state index < -0.39 is 0 Å². The van der Waals surface area contributed by atoms with Crippen LogP contribution in [0.1, 0.15) is 30.9 Å². The molecule has 1 fully saturated rings. The predicted octanol–water partition coefficient (Wildman–Crippen LogP) is 2.19. The second-order valence-corrected chi connectivity index (χ2v) is 4.99. The number of methoxy groups -OCH3 is 2. The van der Waals surface area contributed by atoms with Crippen molar-refractivity contribution in [2.75, 3.05) is 33.9 Å². The smallest absolute Gasteiger partial charge is 0.122 e. The molecule has 1 atom stereocenters. The Hall–Kier alpha value is -1.26. The number of benzene rings is 1. The van der Waals surface area contributed by atoms with Crippen LogP contribution in [-0.4, -0.2) is 38.8 Å². The molecular weight excluding hydrogens is 240 g/mol. The first-order valence-electron chi connectivity index (χ1n) is 6.95. The second kappa shape index (κ2) is 6.78. The molecule has 0 bridgehead atoms. The van der Waals surface area contributed by atoms with Crippen molar-refractivity contribution < 1.29 is 9.47 Å². The summed E-state index contributed by atoms with van der Waals surface area (Å²) in [6, 6.07) is 6.28. The molecule has 1 aliphatic rings. The van der Waals surface area contributed by atoms with Gasteiger partial charge < -0.3 is 15.2 Å². The van der Waals surface area contributed by atoms with Gasteiger partial charge >= 0.3 is 0 Å². The van der Waals surface area contributed by atoms with Gasteiger partial charge in [-0.25, -0.2) is 0 Å². The van der Waals surface area contributed by atoms with Gasteiger partial charge in [-0.1, -0.05) is 6.42 Å². The maximum absolute atomic E-state index is 6.00. The van der Waals surface area contributed by atoms with Crippen LogP contribution in [0.15, 0.2) is 18.2 Å². The number of hydrogen-bond donors (Lipinski definition) is 1. The number of nitrogens with zero attached hydrogens (tertiary/aromatic N) is 1. The maximum atomic E-state index is 6.00. The largest absolute Gasteiger partial charge is 0.497 e. The zero-order chi connectivity index (χ0) is 13.7. The standard InChI is InChI=1S/C15H24N2O2/c1-18-13-8-12(9-14(10-13)19-2)15(11-16)17-6-4-3-5-7-17/h8-10,15H,3-7,11,16H2,1-2H3. The van der Waals surface area contributed by atoms with Crippen LogP contribution in [0.3, 0.4) is 0 Å². The highest BCUT2D eigenvalue weighted by Crippen LogP contribution is 2.30. The van der Waals surface area contributed by atoms with Crippen LogP contribution in [0.4, 0.5) is 0 Å². The molecule has 106 valence electrons. The Morgan fingerprint density at radius 2 is 1.63 bits per heavy atom. The molecular formula is C15H24N2O2. The van der Waals surface area contributed by atoms with E-state index in [1.807, 2.05) is 6.07 Å². The third kappa shape index (κ3) is 3.39. The van der Waals surface area contributed by atoms with Gasteiger partial charge in [-0.15, -0.1) is 0 Å². The Bertz CT molecular complexity index is 381. The Labute approximate surface area is 115 Å². The van der Waals surface area contributed by atoms with E-state index in [-0.39, 0.29) is 6.04 Å². The van der Waals surface area contributed by atoms with E-state index >= 15 is 0 Å². The first-order chi connectivity index (χ1) is 9.28. The second-order valence-electron chi connectivity index (χ2n) is 4.99. The Balaban J connectivity index is 2.25. The highest BCUT2D eigenvalue weighted by Gasteiger charge is 2.22. The summed E-state index contributed by atoms with van der Waals surface area (Å²) in [6.45, 7) is 2.87. The summed E-state index contributed by atoms with van der Waals surface area (Å²) >= 11 is 0. The van der Waals surface area contributed by atoms with Gasteiger partial charge in [0.25, 0.3) is 0 Å². The topological polar surface area (TPSA) is 47.7 Å². The van der Waals surface area contributed by atoms with E-state index in [4.69, 9.17) is 15.2 Å². The van der Waals surface area contributed by atoms with Gasteiger partial charge in [-0.2, -0.15) is 0 Å². The highest BCUT2D eigenvalue weighted by molar-refractivity contribution is 5.40. The summed E-state index contributed by atoms with van der Waals surface area (Å²) in [4.78, 5) is 2.47. The summed E-state index contributed by atoms with van der Waals surface area (Å²) in [5, 5.41) is 0. The molecule has 4 nitrogen and oxygen atoms in total. The molecule has 1 aromatic rings. The van der Waals surface area contributed by atoms with Crippen LogP contribution >= 0.6 is 0 Å². The monoisotopic (exact) mass is 264 g/mol. The minimum atomic E-state index is 0.254. The SMILES string of the molecule is COc1cc(OC)cc(C(CN)N2CCCCC2)c1. The van der Waals surface area contributed by atoms with Gasteiger partial charge in [0.15, 0.2) is 0 Å². The lowest BCUT2D eigenvalue weighted by Gasteiger charge is -2.34. The molecule has 0 aliphatic carbocycles. The molecule has 1 aliphatic heterocycles. The number of ether oxygens (including phenoxy) is 2. The molecule has 0 saturated carbocycles. The molecule has 19 heavy (non-hydrogen) atoms. The Kier molecular flexibility index (Phi) is 5.05. The zero-order valence-electron chi connectivity index (χ0n) is 11.9. The summed E-state index contributed by atoms with van der Waals surface area (Å²) in [6.07, 6.45) is 3.85. The number of rotatable bonds is 5. The molecule has 0 spiro atoms. The van der Waals surface area contributed by atoms with Gasteiger partial charge in [0.2, 0.25) is 0 Å². The summed E-state index contributed by atoms with van der Waals surface area (Å²) in [5.41, 5.74) is 7.18. The van der Waals surface area contributed by atoms with Crippen molar-refractivity contribution in [3.63, 3.8) is 0 Å². The van der Waals surface area contributed by atoms with Crippen molar-refractivity contribution in [3.05, 3.63) is 23.8 Å². The average molecular weight is 264 g/mol. The van der Waals surface area contributed by atoms with Crippen molar-refractivity contribution >= 4 is 0 Å². The van der Waals surface area contributed by atoms with Crippen LogP contribution in [0.25, 0.3) is 0 Å². The molecule has 1 unspecified atom stereocenters. The Morgan fingerprint density at radius 3 is 2.11 bits per heavy atom. The van der Waals surface area contributed by atoms with Crippen LogP contribution < -0.4 is 15.2 Å². The predicted molar refractivity (Wildman–Crippen MR) is 76.8 cm³/mol. The van der Waals surface area contributed by atoms with Gasteiger partial charge in [0, 0.05) is 18.7 Å². The third-order valence-corrected chi connectivity index (χ3v) is 3.81. The fraction of sp³-hybridized carbons (Fsp3) is 0.600. The fourth-order valence-electron chi connectivity index (χ4n) is 2.75. The van der Waals surface area contributed by atoms with Crippen molar-refractivity contribution in [2.45, 2.75) is 25.3 Å². The van der Waals surface area contributed by atoms with Crippen LogP contribution in [0.5, 0.6) is 11.5 Å². The third-order valence-electron chi connectivity index (χ3n) is 3.81. The normalized spacial score (nSPS) is 18.1. The summed E-state index contributed by atoms with van der Waals surface area (Å²) in [7, 11) is 3.35. The summed E-state index contributed by atoms with van der Waals surface area (Å²) in [5.74, 6) is 1.65. The molecule has 0 amide bonds. The molecule has 4 heteroatoms. The van der Waals surface area contributed by atoms with Gasteiger partial charge in [0.05, 0.1) is 14.2 Å². The summed E-state index contributed by atoms with van der Waals surface area (Å²) < 4.78 is 10.7. The average Bonchev–Trinajstić information content (AvgIpc) is 2.48. The lowest BCUT2D eigenvalue weighted by molar-refractivity contribution is 0.167. The van der Waals surface area contributed by atoms with E-state index in [0.717, 1.165) is 24.6 Å². The molecule has 1 heterocycles. The lowest BCUT2D eigenvalue weighted by Crippen LogP contribution is -2.37. The van der Waals surface area contributed by atoms with E-state index in [1.54, 1.807) is 14.2 Å². The van der Waals surface area contributed by atoms with Crippen LogP contribution in [0.2, 0.25) is 0 Å². The molecule has 1 saturated heterocycles. The number of piperidine rings is 1. The maximum Gasteiger partial charge on any atom is 0.122 e. The van der Waals surface area contributed by atoms with Crippen molar-refractivity contribution in [1.82, 2.24) is 4.90 Å². The first-order valence-corrected chi connectivity index (χ1v) is 6.95. The highest BCUT2D eigenvalue weighted by atomic mass is 16.5. The number of likely N-dealkylation sites (tertiary alicyclic amines) is 1. The van der Waals surface area contributed by atoms with E-state index in [0.29, 0.717) is 6.54 Å². The van der Waals surface area contributed by atoms with Crippen molar-refractivity contribution in [1.29, 1.82) is 0 Å². The first kappa shape index (κ1) is 14.2. The minimum absolute atomic E-state index is 0.254. The minimum Gasteiger partial charge on any atom is -0.497 e. The Morgan fingerprint density at radius 1 is 1.05 bits per heavy atom. The molecule has 2 N–H and O–H groups in total. The van der Waals surface area contributed by atoms with Crippen LogP contribution in [-0.2, 0) is 0 Å². The van der Waals surface area contributed by atoms with Crippen molar-refractivity contribution in [3.8, 4) is 11.5 Å². The van der Waals surface area contributed by atoms with Gasteiger partial charge in [-0.3, -0.25) is 4.90 Å². The molecule has 2 rings (SSSR count).